The number of pyridine rings is 2. The molecule has 10 heteroatoms. The minimum Gasteiger partial charge on any atom is -0.465 e. The third-order valence-corrected chi connectivity index (χ3v) is 7.50. The lowest BCUT2D eigenvalue weighted by Gasteiger charge is -2.35. The van der Waals surface area contributed by atoms with Gasteiger partial charge in [0, 0.05) is 49.7 Å². The van der Waals surface area contributed by atoms with Crippen LogP contribution in [0.4, 0.5) is 11.5 Å². The van der Waals surface area contributed by atoms with E-state index in [0.717, 1.165) is 43.1 Å². The average molecular weight is 494 g/mol. The predicted octanol–water partition coefficient (Wildman–Crippen LogP) is 4.11. The van der Waals surface area contributed by atoms with E-state index in [0.29, 0.717) is 27.5 Å². The number of carbonyl (C=O) groups excluding carboxylic acids is 2. The number of fused-ring (bicyclic) bond motifs is 1. The van der Waals surface area contributed by atoms with Crippen LogP contribution in [0.2, 0.25) is 0 Å². The summed E-state index contributed by atoms with van der Waals surface area (Å²) in [6.07, 6.45) is 1.82. The Morgan fingerprint density at radius 2 is 1.97 bits per heavy atom. The van der Waals surface area contributed by atoms with Crippen molar-refractivity contribution in [2.45, 2.75) is 6.54 Å². The maximum atomic E-state index is 12.7. The Morgan fingerprint density at radius 1 is 1.12 bits per heavy atom. The number of methoxy groups -OCH3 is 1. The van der Waals surface area contributed by atoms with Gasteiger partial charge in [-0.1, -0.05) is 6.07 Å². The van der Waals surface area contributed by atoms with Crippen LogP contribution in [0.15, 0.2) is 53.4 Å². The quantitative estimate of drug-likeness (QED) is 0.405. The second kappa shape index (κ2) is 9.88. The molecule has 0 radical (unpaired) electrons. The third kappa shape index (κ3) is 4.65. The molecule has 8 nitrogen and oxygen atoms in total. The van der Waals surface area contributed by atoms with Crippen molar-refractivity contribution in [3.8, 4) is 0 Å². The topological polar surface area (TPSA) is 87.7 Å². The zero-order chi connectivity index (χ0) is 23.5. The maximum Gasteiger partial charge on any atom is 0.350 e. The van der Waals surface area contributed by atoms with Crippen molar-refractivity contribution in [2.24, 2.45) is 0 Å². The first-order chi connectivity index (χ1) is 16.6. The van der Waals surface area contributed by atoms with E-state index in [4.69, 9.17) is 9.72 Å². The van der Waals surface area contributed by atoms with Crippen LogP contribution in [0.1, 0.15) is 25.7 Å². The Labute approximate surface area is 204 Å². The normalized spacial score (nSPS) is 14.3. The van der Waals surface area contributed by atoms with E-state index >= 15 is 0 Å². The fourth-order valence-electron chi connectivity index (χ4n) is 3.95. The molecule has 0 unspecified atom stereocenters. The van der Waals surface area contributed by atoms with Crippen LogP contribution >= 0.6 is 22.7 Å². The van der Waals surface area contributed by atoms with Gasteiger partial charge in [-0.05, 0) is 35.7 Å². The maximum absolute atomic E-state index is 12.7. The van der Waals surface area contributed by atoms with Gasteiger partial charge in [0.25, 0.3) is 5.91 Å². The molecule has 1 saturated heterocycles. The van der Waals surface area contributed by atoms with Crippen LogP contribution in [-0.2, 0) is 11.3 Å². The number of anilines is 2. The summed E-state index contributed by atoms with van der Waals surface area (Å²) >= 11 is 2.68. The minimum absolute atomic E-state index is 0.263. The molecule has 5 heterocycles. The van der Waals surface area contributed by atoms with Gasteiger partial charge >= 0.3 is 5.97 Å². The fourth-order valence-corrected chi connectivity index (χ4v) is 5.65. The van der Waals surface area contributed by atoms with Gasteiger partial charge in [-0.3, -0.25) is 9.69 Å². The molecule has 0 aromatic carbocycles. The first kappa shape index (κ1) is 22.5. The second-order valence-electron chi connectivity index (χ2n) is 7.87. The zero-order valence-electron chi connectivity index (χ0n) is 18.6. The van der Waals surface area contributed by atoms with Crippen molar-refractivity contribution in [1.82, 2.24) is 14.9 Å². The number of amides is 1. The first-order valence-electron chi connectivity index (χ1n) is 10.8. The van der Waals surface area contributed by atoms with E-state index in [9.17, 15) is 9.59 Å². The number of carbonyl (C=O) groups is 2. The lowest BCUT2D eigenvalue weighted by atomic mass is 10.2. The summed E-state index contributed by atoms with van der Waals surface area (Å²) in [6.45, 7) is 4.35. The largest absolute Gasteiger partial charge is 0.465 e. The number of hydrogen-bond donors (Lipinski definition) is 1. The van der Waals surface area contributed by atoms with Crippen LogP contribution in [0.25, 0.3) is 10.2 Å². The summed E-state index contributed by atoms with van der Waals surface area (Å²) in [5, 5.41) is 7.23. The molecule has 1 aliphatic heterocycles. The Bertz CT molecular complexity index is 1300. The second-order valence-corrected chi connectivity index (χ2v) is 9.65. The summed E-state index contributed by atoms with van der Waals surface area (Å²) in [6, 6.07) is 11.6. The molecule has 1 fully saturated rings. The molecule has 1 N–H and O–H groups in total. The molecule has 1 aliphatic rings. The molecule has 1 amide bonds. The van der Waals surface area contributed by atoms with Crippen molar-refractivity contribution < 1.29 is 14.3 Å². The fraction of sp³-hybridized carbons (Fsp3) is 0.250. The van der Waals surface area contributed by atoms with Gasteiger partial charge in [0.1, 0.15) is 15.5 Å². The minimum atomic E-state index is -0.490. The number of nitrogens with zero attached hydrogens (tertiary/aromatic N) is 4. The molecule has 0 saturated carbocycles. The van der Waals surface area contributed by atoms with E-state index in [1.807, 2.05) is 41.9 Å². The van der Waals surface area contributed by atoms with E-state index in [2.05, 4.69) is 20.1 Å². The number of hydrogen-bond acceptors (Lipinski definition) is 9. The average Bonchev–Trinajstić information content (AvgIpc) is 3.53. The van der Waals surface area contributed by atoms with Crippen LogP contribution < -0.4 is 10.2 Å². The van der Waals surface area contributed by atoms with Gasteiger partial charge in [-0.25, -0.2) is 14.8 Å². The number of nitrogens with one attached hydrogen (secondary N) is 1. The van der Waals surface area contributed by atoms with Crippen molar-refractivity contribution in [3.05, 3.63) is 69.5 Å². The molecular formula is C24H23N5O3S2. The van der Waals surface area contributed by atoms with Crippen molar-refractivity contribution in [2.75, 3.05) is 43.5 Å². The molecule has 0 atom stereocenters. The Balaban J connectivity index is 1.33. The standard InChI is InChI=1S/C24H23N5O3S2/c1-32-24(31)21-20(27-22(30)16-7-13-33-15-16)18-6-5-17(26-23(18)34-21)14-28-9-11-29(12-10-28)19-4-2-3-8-25-19/h2-8,13,15H,9-12,14H2,1H3,(H,27,30). The summed E-state index contributed by atoms with van der Waals surface area (Å²) in [5.41, 5.74) is 1.92. The number of rotatable bonds is 6. The number of esters is 1. The molecule has 5 rings (SSSR count). The van der Waals surface area contributed by atoms with Gasteiger partial charge in [-0.2, -0.15) is 11.3 Å². The van der Waals surface area contributed by atoms with Gasteiger partial charge in [-0.15, -0.1) is 11.3 Å². The Morgan fingerprint density at radius 3 is 2.68 bits per heavy atom. The Kier molecular flexibility index (Phi) is 6.52. The van der Waals surface area contributed by atoms with Crippen molar-refractivity contribution >= 4 is 56.3 Å². The monoisotopic (exact) mass is 493 g/mol. The number of piperazine rings is 1. The van der Waals surface area contributed by atoms with Crippen LogP contribution in [0, 0.1) is 0 Å². The first-order valence-corrected chi connectivity index (χ1v) is 12.6. The Hall–Kier alpha value is -3.34. The van der Waals surface area contributed by atoms with Gasteiger partial charge in [0.2, 0.25) is 0 Å². The molecular weight excluding hydrogens is 470 g/mol. The number of ether oxygens (including phenoxy) is 1. The lowest BCUT2D eigenvalue weighted by Crippen LogP contribution is -2.46. The molecule has 0 aliphatic carbocycles. The number of aromatic nitrogens is 2. The van der Waals surface area contributed by atoms with E-state index in [-0.39, 0.29) is 5.91 Å². The van der Waals surface area contributed by atoms with Gasteiger partial charge in [0.05, 0.1) is 24.1 Å². The van der Waals surface area contributed by atoms with Gasteiger partial charge in [0.15, 0.2) is 0 Å². The zero-order valence-corrected chi connectivity index (χ0v) is 20.2. The highest BCUT2D eigenvalue weighted by Crippen LogP contribution is 2.36. The molecule has 174 valence electrons. The SMILES string of the molecule is COC(=O)c1sc2nc(CN3CCN(c4ccccn4)CC3)ccc2c1NC(=O)c1ccsc1. The molecule has 4 aromatic rings. The predicted molar refractivity (Wildman–Crippen MR) is 135 cm³/mol. The summed E-state index contributed by atoms with van der Waals surface area (Å²) < 4.78 is 4.95. The highest BCUT2D eigenvalue weighted by Gasteiger charge is 2.23. The van der Waals surface area contributed by atoms with E-state index in [1.165, 1.54) is 29.8 Å². The molecule has 0 bridgehead atoms. The lowest BCUT2D eigenvalue weighted by molar-refractivity contribution is 0.0607. The highest BCUT2D eigenvalue weighted by atomic mass is 32.1. The van der Waals surface area contributed by atoms with Crippen LogP contribution in [0.5, 0.6) is 0 Å². The molecule has 34 heavy (non-hydrogen) atoms. The third-order valence-electron chi connectivity index (χ3n) is 5.74. The van der Waals surface area contributed by atoms with E-state index < -0.39 is 5.97 Å². The van der Waals surface area contributed by atoms with Crippen molar-refractivity contribution in [3.63, 3.8) is 0 Å². The summed E-state index contributed by atoms with van der Waals surface area (Å²) in [5.74, 6) is 0.254. The van der Waals surface area contributed by atoms with Crippen LogP contribution in [-0.4, -0.2) is 60.0 Å². The highest BCUT2D eigenvalue weighted by molar-refractivity contribution is 7.21. The smallest absolute Gasteiger partial charge is 0.350 e. The van der Waals surface area contributed by atoms with E-state index in [1.54, 1.807) is 11.4 Å². The number of thiophene rings is 2. The molecule has 0 spiro atoms. The van der Waals surface area contributed by atoms with Crippen LogP contribution in [0.3, 0.4) is 0 Å². The van der Waals surface area contributed by atoms with Gasteiger partial charge < -0.3 is 15.0 Å². The van der Waals surface area contributed by atoms with Crippen molar-refractivity contribution in [1.29, 1.82) is 0 Å². The molecule has 4 aromatic heterocycles. The summed E-state index contributed by atoms with van der Waals surface area (Å²) in [7, 11) is 1.33. The summed E-state index contributed by atoms with van der Waals surface area (Å²) in [4.78, 5) is 40.0.